The Hall–Kier alpha value is -1.38. The minimum Gasteiger partial charge on any atom is -0.352 e. The van der Waals surface area contributed by atoms with Crippen molar-refractivity contribution in [2.75, 3.05) is 6.54 Å². The second kappa shape index (κ2) is 6.85. The number of hydrogen-bond donors (Lipinski definition) is 1. The maximum atomic E-state index is 11.8. The summed E-state index contributed by atoms with van der Waals surface area (Å²) >= 11 is 0. The van der Waals surface area contributed by atoms with E-state index in [0.29, 0.717) is 23.5 Å². The van der Waals surface area contributed by atoms with Crippen LogP contribution in [0.25, 0.3) is 0 Å². The lowest BCUT2D eigenvalue weighted by molar-refractivity contribution is -0.117. The third-order valence-corrected chi connectivity index (χ3v) is 6.92. The van der Waals surface area contributed by atoms with Gasteiger partial charge in [-0.1, -0.05) is 13.2 Å². The molecule has 132 valence electrons. The molecule has 3 fully saturated rings. The number of Topliss-reactive ketones (excluding diaryl/α,β-unsaturated/α-hetero) is 1. The first-order chi connectivity index (χ1) is 11.4. The molecule has 3 nitrogen and oxygen atoms in total. The highest BCUT2D eigenvalue weighted by molar-refractivity contribution is 5.94. The first-order valence-corrected chi connectivity index (χ1v) is 9.51. The van der Waals surface area contributed by atoms with Crippen LogP contribution in [0.1, 0.15) is 52.4 Å². The Morgan fingerprint density at radius 3 is 2.42 bits per heavy atom. The molecule has 6 unspecified atom stereocenters. The van der Waals surface area contributed by atoms with Crippen molar-refractivity contribution in [3.8, 4) is 0 Å². The Kier molecular flexibility index (Phi) is 4.98. The number of hydrogen-bond acceptors (Lipinski definition) is 2. The SMILES string of the molecule is C=C(C)C(=O)CCC1CC2CC1C1CCC(CNC(=O)C(=C)C)C21. The molecule has 0 spiro atoms. The first kappa shape index (κ1) is 17.4. The Morgan fingerprint density at radius 2 is 1.75 bits per heavy atom. The van der Waals surface area contributed by atoms with E-state index in [1.165, 1.54) is 25.7 Å². The number of ketones is 1. The van der Waals surface area contributed by atoms with Gasteiger partial charge in [0, 0.05) is 18.5 Å². The topological polar surface area (TPSA) is 46.2 Å². The zero-order chi connectivity index (χ0) is 17.4. The monoisotopic (exact) mass is 329 g/mol. The zero-order valence-corrected chi connectivity index (χ0v) is 15.1. The van der Waals surface area contributed by atoms with Gasteiger partial charge in [-0.15, -0.1) is 0 Å². The molecule has 0 aromatic heterocycles. The van der Waals surface area contributed by atoms with Gasteiger partial charge < -0.3 is 5.32 Å². The summed E-state index contributed by atoms with van der Waals surface area (Å²) < 4.78 is 0. The summed E-state index contributed by atoms with van der Waals surface area (Å²) in [4.78, 5) is 23.6. The van der Waals surface area contributed by atoms with Crippen molar-refractivity contribution < 1.29 is 9.59 Å². The van der Waals surface area contributed by atoms with Gasteiger partial charge in [-0.2, -0.15) is 0 Å². The van der Waals surface area contributed by atoms with Crippen LogP contribution in [0.4, 0.5) is 0 Å². The van der Waals surface area contributed by atoms with Crippen molar-refractivity contribution >= 4 is 11.7 Å². The lowest BCUT2D eigenvalue weighted by atomic mass is 9.72. The molecule has 0 aromatic rings. The fourth-order valence-electron chi connectivity index (χ4n) is 5.89. The van der Waals surface area contributed by atoms with E-state index in [2.05, 4.69) is 18.5 Å². The molecule has 3 heteroatoms. The van der Waals surface area contributed by atoms with Crippen LogP contribution in [0, 0.1) is 35.5 Å². The molecule has 1 N–H and O–H groups in total. The summed E-state index contributed by atoms with van der Waals surface area (Å²) in [7, 11) is 0. The van der Waals surface area contributed by atoms with E-state index in [0.717, 1.165) is 42.6 Å². The number of nitrogens with one attached hydrogen (secondary N) is 1. The summed E-state index contributed by atoms with van der Waals surface area (Å²) in [6.07, 6.45) is 6.93. The zero-order valence-electron chi connectivity index (χ0n) is 15.1. The smallest absolute Gasteiger partial charge is 0.246 e. The molecule has 0 aliphatic heterocycles. The van der Waals surface area contributed by atoms with Crippen LogP contribution in [-0.4, -0.2) is 18.2 Å². The number of carbonyl (C=O) groups is 2. The molecule has 24 heavy (non-hydrogen) atoms. The van der Waals surface area contributed by atoms with Gasteiger partial charge in [-0.3, -0.25) is 9.59 Å². The van der Waals surface area contributed by atoms with E-state index < -0.39 is 0 Å². The Balaban J connectivity index is 1.53. The summed E-state index contributed by atoms with van der Waals surface area (Å²) in [6, 6.07) is 0. The third-order valence-electron chi connectivity index (χ3n) is 6.92. The van der Waals surface area contributed by atoms with Crippen molar-refractivity contribution in [1.82, 2.24) is 5.32 Å². The van der Waals surface area contributed by atoms with Crippen molar-refractivity contribution in [2.45, 2.75) is 52.4 Å². The fraction of sp³-hybridized carbons (Fsp3) is 0.714. The minimum absolute atomic E-state index is 0.00205. The summed E-state index contributed by atoms with van der Waals surface area (Å²) in [5.74, 6) is 4.89. The molecule has 3 saturated carbocycles. The van der Waals surface area contributed by atoms with Gasteiger partial charge in [-0.05, 0) is 87.0 Å². The molecular formula is C21H31NO2. The van der Waals surface area contributed by atoms with E-state index in [1.807, 2.05) is 6.92 Å². The van der Waals surface area contributed by atoms with Crippen molar-refractivity contribution in [2.24, 2.45) is 35.5 Å². The number of rotatable bonds is 7. The number of allylic oxidation sites excluding steroid dienone is 1. The Bertz CT molecular complexity index is 564. The van der Waals surface area contributed by atoms with Crippen LogP contribution in [0.2, 0.25) is 0 Å². The van der Waals surface area contributed by atoms with Crippen molar-refractivity contribution in [1.29, 1.82) is 0 Å². The number of carbonyl (C=O) groups excluding carboxylic acids is 2. The minimum atomic E-state index is -0.00205. The third kappa shape index (κ3) is 3.22. The highest BCUT2D eigenvalue weighted by atomic mass is 16.1. The first-order valence-electron chi connectivity index (χ1n) is 9.51. The van der Waals surface area contributed by atoms with Crippen LogP contribution >= 0.6 is 0 Å². The predicted molar refractivity (Wildman–Crippen MR) is 96.3 cm³/mol. The molecule has 0 heterocycles. The fourth-order valence-corrected chi connectivity index (χ4v) is 5.89. The summed E-state index contributed by atoms with van der Waals surface area (Å²) in [5, 5.41) is 3.07. The second-order valence-electron chi connectivity index (χ2n) is 8.47. The molecule has 0 radical (unpaired) electrons. The highest BCUT2D eigenvalue weighted by Crippen LogP contribution is 2.63. The van der Waals surface area contributed by atoms with Crippen LogP contribution < -0.4 is 5.32 Å². The van der Waals surface area contributed by atoms with Crippen molar-refractivity contribution in [3.63, 3.8) is 0 Å². The molecule has 0 saturated heterocycles. The number of amides is 1. The average molecular weight is 329 g/mol. The van der Waals surface area contributed by atoms with E-state index in [1.54, 1.807) is 6.92 Å². The van der Waals surface area contributed by atoms with E-state index in [4.69, 9.17) is 0 Å². The van der Waals surface area contributed by atoms with Gasteiger partial charge in [0.1, 0.15) is 0 Å². The maximum absolute atomic E-state index is 11.8. The van der Waals surface area contributed by atoms with Gasteiger partial charge in [0.2, 0.25) is 5.91 Å². The number of fused-ring (bicyclic) bond motifs is 5. The van der Waals surface area contributed by atoms with Gasteiger partial charge >= 0.3 is 0 Å². The Labute approximate surface area is 146 Å². The summed E-state index contributed by atoms with van der Waals surface area (Å²) in [6.45, 7) is 11.9. The van der Waals surface area contributed by atoms with Gasteiger partial charge in [0.15, 0.2) is 5.78 Å². The van der Waals surface area contributed by atoms with Crippen molar-refractivity contribution in [3.05, 3.63) is 24.3 Å². The molecular weight excluding hydrogens is 298 g/mol. The van der Waals surface area contributed by atoms with Crippen LogP contribution in [-0.2, 0) is 9.59 Å². The molecule has 3 rings (SSSR count). The highest BCUT2D eigenvalue weighted by Gasteiger charge is 2.56. The predicted octanol–water partition coefficient (Wildman–Crippen LogP) is 3.90. The normalized spacial score (nSPS) is 36.4. The average Bonchev–Trinajstić information content (AvgIpc) is 3.21. The maximum Gasteiger partial charge on any atom is 0.246 e. The molecule has 1 amide bonds. The van der Waals surface area contributed by atoms with E-state index in [-0.39, 0.29) is 11.7 Å². The van der Waals surface area contributed by atoms with Crippen LogP contribution in [0.3, 0.4) is 0 Å². The molecule has 6 atom stereocenters. The van der Waals surface area contributed by atoms with Crippen LogP contribution in [0.15, 0.2) is 24.3 Å². The van der Waals surface area contributed by atoms with E-state index in [9.17, 15) is 9.59 Å². The standard InChI is InChI=1S/C21H31NO2/c1-12(2)19(23)8-6-14-9-16-10-18(14)17-7-5-15(20(16)17)11-22-21(24)13(3)4/h14-18,20H,1,3,5-11H2,2,4H3,(H,22,24). The summed E-state index contributed by atoms with van der Waals surface area (Å²) in [5.41, 5.74) is 1.30. The lowest BCUT2D eigenvalue weighted by Crippen LogP contribution is -2.35. The lowest BCUT2D eigenvalue weighted by Gasteiger charge is -2.34. The molecule has 3 aliphatic carbocycles. The van der Waals surface area contributed by atoms with E-state index >= 15 is 0 Å². The quantitative estimate of drug-likeness (QED) is 0.720. The molecule has 3 aliphatic rings. The van der Waals surface area contributed by atoms with Crippen LogP contribution in [0.5, 0.6) is 0 Å². The van der Waals surface area contributed by atoms with Gasteiger partial charge in [0.25, 0.3) is 0 Å². The Morgan fingerprint density at radius 1 is 1.00 bits per heavy atom. The molecule has 2 bridgehead atoms. The largest absolute Gasteiger partial charge is 0.352 e. The molecule has 0 aromatic carbocycles. The van der Waals surface area contributed by atoms with Gasteiger partial charge in [-0.25, -0.2) is 0 Å². The second-order valence-corrected chi connectivity index (χ2v) is 8.47. The van der Waals surface area contributed by atoms with Gasteiger partial charge in [0.05, 0.1) is 0 Å².